The van der Waals surface area contributed by atoms with Crippen LogP contribution in [0.2, 0.25) is 0 Å². The highest BCUT2D eigenvalue weighted by atomic mass is 32.1. The molecule has 0 radical (unpaired) electrons. The zero-order chi connectivity index (χ0) is 16.4. The number of oxazole rings is 1. The van der Waals surface area contributed by atoms with Crippen molar-refractivity contribution in [1.29, 1.82) is 0 Å². The fourth-order valence-electron chi connectivity index (χ4n) is 2.49. The molecule has 4 rings (SSSR count). The van der Waals surface area contributed by atoms with E-state index < -0.39 is 0 Å². The number of benzene rings is 1. The van der Waals surface area contributed by atoms with Gasteiger partial charge in [0, 0.05) is 30.9 Å². The van der Waals surface area contributed by atoms with Gasteiger partial charge in [-0.3, -0.25) is 4.98 Å². The summed E-state index contributed by atoms with van der Waals surface area (Å²) >= 11 is 1.58. The number of pyridine rings is 1. The Morgan fingerprint density at radius 2 is 2.08 bits per heavy atom. The number of nitrogens with two attached hydrogens (primary N) is 1. The number of fused-ring (bicyclic) bond motifs is 1. The topological polar surface area (TPSA) is 89.9 Å². The third-order valence-electron chi connectivity index (χ3n) is 3.62. The van der Waals surface area contributed by atoms with E-state index in [1.807, 2.05) is 12.3 Å². The van der Waals surface area contributed by atoms with Crippen molar-refractivity contribution in [3.63, 3.8) is 0 Å². The molecule has 0 bridgehead atoms. The molecular formula is C17H15N5OS. The summed E-state index contributed by atoms with van der Waals surface area (Å²) in [6.45, 7) is 1.22. The van der Waals surface area contributed by atoms with Crippen LogP contribution < -0.4 is 11.1 Å². The quantitative estimate of drug-likeness (QED) is 0.580. The first kappa shape index (κ1) is 14.8. The van der Waals surface area contributed by atoms with Crippen molar-refractivity contribution in [2.45, 2.75) is 0 Å². The summed E-state index contributed by atoms with van der Waals surface area (Å²) in [7, 11) is 0. The number of hydrogen-bond donors (Lipinski definition) is 2. The van der Waals surface area contributed by atoms with Gasteiger partial charge in [0.15, 0.2) is 17.3 Å². The molecule has 24 heavy (non-hydrogen) atoms. The molecule has 0 unspecified atom stereocenters. The highest BCUT2D eigenvalue weighted by Gasteiger charge is 2.17. The Labute approximate surface area is 142 Å². The number of aromatic nitrogens is 3. The Morgan fingerprint density at radius 3 is 2.92 bits per heavy atom. The summed E-state index contributed by atoms with van der Waals surface area (Å²) in [5.74, 6) is 0.650. The SMILES string of the molecule is NCCNc1nc(-c2cnco2)c(-c2ccc3cnccc3c2)s1. The van der Waals surface area contributed by atoms with Gasteiger partial charge in [-0.15, -0.1) is 0 Å². The minimum absolute atomic E-state index is 0.551. The van der Waals surface area contributed by atoms with Crippen molar-refractivity contribution in [1.82, 2.24) is 15.0 Å². The van der Waals surface area contributed by atoms with Crippen molar-refractivity contribution in [3.8, 4) is 21.9 Å². The zero-order valence-corrected chi connectivity index (χ0v) is 13.6. The van der Waals surface area contributed by atoms with Gasteiger partial charge in [-0.05, 0) is 23.1 Å². The lowest BCUT2D eigenvalue weighted by Gasteiger charge is -2.02. The number of hydrogen-bond acceptors (Lipinski definition) is 7. The number of rotatable bonds is 5. The minimum Gasteiger partial charge on any atom is -0.442 e. The maximum Gasteiger partial charge on any atom is 0.183 e. The Bertz CT molecular complexity index is 964. The molecule has 0 saturated heterocycles. The highest BCUT2D eigenvalue weighted by molar-refractivity contribution is 7.19. The van der Waals surface area contributed by atoms with Crippen LogP contribution >= 0.6 is 11.3 Å². The number of nitrogens with zero attached hydrogens (tertiary/aromatic N) is 3. The summed E-state index contributed by atoms with van der Waals surface area (Å²) < 4.78 is 5.46. The molecule has 0 aliphatic heterocycles. The molecule has 120 valence electrons. The van der Waals surface area contributed by atoms with Crippen LogP contribution in [0.3, 0.4) is 0 Å². The van der Waals surface area contributed by atoms with Gasteiger partial charge in [0.05, 0.1) is 11.1 Å². The van der Waals surface area contributed by atoms with Crippen molar-refractivity contribution in [2.24, 2.45) is 5.73 Å². The van der Waals surface area contributed by atoms with Gasteiger partial charge in [0.1, 0.15) is 5.69 Å². The first-order valence-electron chi connectivity index (χ1n) is 7.53. The second-order valence-electron chi connectivity index (χ2n) is 5.22. The predicted octanol–water partition coefficient (Wildman–Crippen LogP) is 3.38. The number of anilines is 1. The van der Waals surface area contributed by atoms with E-state index in [1.54, 1.807) is 23.7 Å². The van der Waals surface area contributed by atoms with Gasteiger partial charge in [0.2, 0.25) is 0 Å². The fraction of sp³-hybridized carbons (Fsp3) is 0.118. The molecule has 0 saturated carbocycles. The van der Waals surface area contributed by atoms with Crippen molar-refractivity contribution < 1.29 is 4.42 Å². The first-order chi connectivity index (χ1) is 11.8. The molecule has 6 nitrogen and oxygen atoms in total. The van der Waals surface area contributed by atoms with E-state index in [4.69, 9.17) is 10.2 Å². The summed E-state index contributed by atoms with van der Waals surface area (Å²) in [5.41, 5.74) is 7.43. The van der Waals surface area contributed by atoms with Gasteiger partial charge >= 0.3 is 0 Å². The Kier molecular flexibility index (Phi) is 3.94. The second-order valence-corrected chi connectivity index (χ2v) is 6.21. The minimum atomic E-state index is 0.551. The molecule has 0 atom stereocenters. The molecule has 1 aromatic carbocycles. The normalized spacial score (nSPS) is 11.0. The van der Waals surface area contributed by atoms with Crippen LogP contribution in [0.1, 0.15) is 0 Å². The second kappa shape index (κ2) is 6.38. The van der Waals surface area contributed by atoms with E-state index in [2.05, 4.69) is 38.5 Å². The van der Waals surface area contributed by atoms with Gasteiger partial charge < -0.3 is 15.5 Å². The Balaban J connectivity index is 1.83. The smallest absolute Gasteiger partial charge is 0.183 e. The first-order valence-corrected chi connectivity index (χ1v) is 8.34. The van der Waals surface area contributed by atoms with E-state index in [9.17, 15) is 0 Å². The number of thiazole rings is 1. The molecule has 3 heterocycles. The molecule has 0 fully saturated rings. The molecule has 3 aromatic heterocycles. The summed E-state index contributed by atoms with van der Waals surface area (Å²) in [6.07, 6.45) is 6.75. The van der Waals surface area contributed by atoms with Crippen molar-refractivity contribution in [2.75, 3.05) is 18.4 Å². The standard InChI is InChI=1S/C17H15N5OS/c18-4-6-21-17-22-15(14-9-20-10-23-14)16(24-17)12-1-2-13-8-19-5-3-11(13)7-12/h1-3,5,7-10H,4,6,18H2,(H,21,22). The predicted molar refractivity (Wildman–Crippen MR) is 95.9 cm³/mol. The van der Waals surface area contributed by atoms with Crippen LogP contribution in [0.4, 0.5) is 5.13 Å². The van der Waals surface area contributed by atoms with Crippen LogP contribution in [0, 0.1) is 0 Å². The molecule has 0 aliphatic carbocycles. The van der Waals surface area contributed by atoms with E-state index >= 15 is 0 Å². The van der Waals surface area contributed by atoms with Crippen LogP contribution in [0.15, 0.2) is 53.7 Å². The average Bonchev–Trinajstić information content (AvgIpc) is 3.29. The molecule has 0 aliphatic rings. The maximum atomic E-state index is 5.57. The van der Waals surface area contributed by atoms with Gasteiger partial charge in [-0.25, -0.2) is 9.97 Å². The van der Waals surface area contributed by atoms with Crippen molar-refractivity contribution in [3.05, 3.63) is 49.2 Å². The van der Waals surface area contributed by atoms with E-state index in [1.165, 1.54) is 6.39 Å². The third kappa shape index (κ3) is 2.75. The van der Waals surface area contributed by atoms with Crippen LogP contribution in [0.25, 0.3) is 32.7 Å². The molecule has 0 amide bonds. The fourth-order valence-corrected chi connectivity index (χ4v) is 3.49. The summed E-state index contributed by atoms with van der Waals surface area (Å²) in [5, 5.41) is 6.29. The lowest BCUT2D eigenvalue weighted by atomic mass is 10.1. The monoisotopic (exact) mass is 337 g/mol. The summed E-state index contributed by atoms with van der Waals surface area (Å²) in [4.78, 5) is 13.8. The Hall–Kier alpha value is -2.77. The van der Waals surface area contributed by atoms with E-state index in [0.29, 0.717) is 18.8 Å². The van der Waals surface area contributed by atoms with Gasteiger partial charge in [-0.1, -0.05) is 23.5 Å². The molecule has 7 heteroatoms. The largest absolute Gasteiger partial charge is 0.442 e. The molecule has 3 N–H and O–H groups in total. The maximum absolute atomic E-state index is 5.57. The molecule has 4 aromatic rings. The molecular weight excluding hydrogens is 322 g/mol. The van der Waals surface area contributed by atoms with E-state index in [0.717, 1.165) is 32.0 Å². The third-order valence-corrected chi connectivity index (χ3v) is 4.68. The van der Waals surface area contributed by atoms with Crippen LogP contribution in [-0.4, -0.2) is 28.0 Å². The highest BCUT2D eigenvalue weighted by Crippen LogP contribution is 2.39. The van der Waals surface area contributed by atoms with Crippen LogP contribution in [0.5, 0.6) is 0 Å². The number of nitrogens with one attached hydrogen (secondary N) is 1. The van der Waals surface area contributed by atoms with E-state index in [-0.39, 0.29) is 0 Å². The van der Waals surface area contributed by atoms with Gasteiger partial charge in [0.25, 0.3) is 0 Å². The lowest BCUT2D eigenvalue weighted by Crippen LogP contribution is -2.12. The van der Waals surface area contributed by atoms with Gasteiger partial charge in [-0.2, -0.15) is 0 Å². The zero-order valence-electron chi connectivity index (χ0n) is 12.8. The van der Waals surface area contributed by atoms with Crippen LogP contribution in [-0.2, 0) is 0 Å². The average molecular weight is 337 g/mol. The van der Waals surface area contributed by atoms with Crippen molar-refractivity contribution >= 4 is 27.2 Å². The lowest BCUT2D eigenvalue weighted by molar-refractivity contribution is 0.570. The molecule has 0 spiro atoms. The summed E-state index contributed by atoms with van der Waals surface area (Å²) in [6, 6.07) is 8.28. The Morgan fingerprint density at radius 1 is 1.12 bits per heavy atom.